The van der Waals surface area contributed by atoms with E-state index >= 15 is 0 Å². The van der Waals surface area contributed by atoms with Gasteiger partial charge in [-0.15, -0.1) is 0 Å². The van der Waals surface area contributed by atoms with Gasteiger partial charge >= 0.3 is 5.97 Å². The summed E-state index contributed by atoms with van der Waals surface area (Å²) in [5.74, 6) is 0.522. The van der Waals surface area contributed by atoms with E-state index in [1.54, 1.807) is 25.1 Å². The van der Waals surface area contributed by atoms with E-state index < -0.39 is 5.97 Å². The van der Waals surface area contributed by atoms with Crippen molar-refractivity contribution in [3.8, 4) is 5.75 Å². The molecule has 1 aromatic heterocycles. The van der Waals surface area contributed by atoms with Gasteiger partial charge in [-0.05, 0) is 19.1 Å². The minimum absolute atomic E-state index is 0.108. The minimum Gasteiger partial charge on any atom is -0.482 e. The third-order valence-electron chi connectivity index (χ3n) is 2.13. The fourth-order valence-electron chi connectivity index (χ4n) is 1.44. The Morgan fingerprint density at radius 2 is 2.35 bits per heavy atom. The summed E-state index contributed by atoms with van der Waals surface area (Å²) < 4.78 is 10.0. The number of hydrogen-bond donors (Lipinski definition) is 2. The van der Waals surface area contributed by atoms with Gasteiger partial charge in [0.25, 0.3) is 0 Å². The Morgan fingerprint density at radius 3 is 3.12 bits per heavy atom. The number of nitrogens with two attached hydrogens (primary N) is 1. The van der Waals surface area contributed by atoms with E-state index in [4.69, 9.17) is 15.2 Å². The minimum atomic E-state index is -0.392. The van der Waals surface area contributed by atoms with E-state index in [0.717, 1.165) is 11.0 Å². The Hall–Kier alpha value is -2.24. The number of nitrogen functional groups attached to an aromatic ring is 1. The lowest BCUT2D eigenvalue weighted by atomic mass is 10.3. The summed E-state index contributed by atoms with van der Waals surface area (Å²) in [5, 5.41) is 0. The summed E-state index contributed by atoms with van der Waals surface area (Å²) in [5.41, 5.74) is 7.04. The van der Waals surface area contributed by atoms with Crippen LogP contribution in [0.2, 0.25) is 0 Å². The summed E-state index contributed by atoms with van der Waals surface area (Å²) in [6.07, 6.45) is 0. The van der Waals surface area contributed by atoms with Crippen LogP contribution in [0.3, 0.4) is 0 Å². The average molecular weight is 235 g/mol. The zero-order valence-electron chi connectivity index (χ0n) is 9.40. The zero-order valence-corrected chi connectivity index (χ0v) is 9.40. The van der Waals surface area contributed by atoms with Gasteiger partial charge in [-0.1, -0.05) is 0 Å². The van der Waals surface area contributed by atoms with Crippen LogP contribution in [0.25, 0.3) is 11.0 Å². The highest BCUT2D eigenvalue weighted by Crippen LogP contribution is 2.19. The third kappa shape index (κ3) is 2.66. The summed E-state index contributed by atoms with van der Waals surface area (Å²) in [6, 6.07) is 5.22. The Kier molecular flexibility index (Phi) is 3.13. The first kappa shape index (κ1) is 11.3. The summed E-state index contributed by atoms with van der Waals surface area (Å²) in [6.45, 7) is 1.98. The maximum Gasteiger partial charge on any atom is 0.344 e. The van der Waals surface area contributed by atoms with Crippen molar-refractivity contribution in [2.75, 3.05) is 18.9 Å². The van der Waals surface area contributed by atoms with Crippen LogP contribution in [0.5, 0.6) is 5.75 Å². The van der Waals surface area contributed by atoms with Crippen molar-refractivity contribution >= 4 is 23.0 Å². The predicted octanol–water partition coefficient (Wildman–Crippen LogP) is 1.09. The van der Waals surface area contributed by atoms with Crippen LogP contribution in [0.1, 0.15) is 6.92 Å². The van der Waals surface area contributed by atoms with Crippen molar-refractivity contribution in [2.45, 2.75) is 6.92 Å². The molecule has 0 aliphatic rings. The van der Waals surface area contributed by atoms with Gasteiger partial charge < -0.3 is 20.2 Å². The van der Waals surface area contributed by atoms with Crippen LogP contribution in [-0.2, 0) is 9.53 Å². The summed E-state index contributed by atoms with van der Waals surface area (Å²) >= 11 is 0. The Bertz CT molecular complexity index is 536. The highest BCUT2D eigenvalue weighted by Gasteiger charge is 2.05. The van der Waals surface area contributed by atoms with Crippen molar-refractivity contribution in [1.29, 1.82) is 0 Å². The second-order valence-electron chi connectivity index (χ2n) is 3.39. The molecule has 0 bridgehead atoms. The lowest BCUT2D eigenvalue weighted by molar-refractivity contribution is -0.145. The summed E-state index contributed by atoms with van der Waals surface area (Å²) in [7, 11) is 0. The number of carbonyl (C=O) groups is 1. The fraction of sp³-hybridized carbons (Fsp3) is 0.273. The van der Waals surface area contributed by atoms with Crippen LogP contribution in [0.15, 0.2) is 18.2 Å². The number of nitrogens with one attached hydrogen (secondary N) is 1. The molecule has 6 heteroatoms. The van der Waals surface area contributed by atoms with E-state index in [-0.39, 0.29) is 6.61 Å². The molecule has 0 fully saturated rings. The topological polar surface area (TPSA) is 90.2 Å². The lowest BCUT2D eigenvalue weighted by Crippen LogP contribution is -2.14. The van der Waals surface area contributed by atoms with Gasteiger partial charge in [0.05, 0.1) is 17.6 Å². The number of anilines is 1. The molecule has 0 aliphatic carbocycles. The van der Waals surface area contributed by atoms with Gasteiger partial charge in [0.15, 0.2) is 12.6 Å². The van der Waals surface area contributed by atoms with Crippen molar-refractivity contribution in [3.63, 3.8) is 0 Å². The maximum atomic E-state index is 11.1. The molecule has 3 N–H and O–H groups in total. The standard InChI is InChI=1S/C11H13N3O3/c1-2-16-10(15)6-17-7-3-4-8-9(5-7)14-11(12)13-8/h3-5H,2,6H2,1H3,(H3,12,13,14). The molecule has 0 amide bonds. The van der Waals surface area contributed by atoms with Gasteiger partial charge in [-0.25, -0.2) is 9.78 Å². The number of H-pyrrole nitrogens is 1. The van der Waals surface area contributed by atoms with Gasteiger partial charge in [-0.3, -0.25) is 0 Å². The number of nitrogens with zero attached hydrogens (tertiary/aromatic N) is 1. The molecular formula is C11H13N3O3. The number of aromatic nitrogens is 2. The van der Waals surface area contributed by atoms with Crippen molar-refractivity contribution in [3.05, 3.63) is 18.2 Å². The number of imidazole rings is 1. The monoisotopic (exact) mass is 235 g/mol. The molecule has 0 unspecified atom stereocenters. The number of rotatable bonds is 4. The van der Waals surface area contributed by atoms with Crippen LogP contribution in [-0.4, -0.2) is 29.2 Å². The Labute approximate surface area is 97.7 Å². The smallest absolute Gasteiger partial charge is 0.344 e. The molecule has 6 nitrogen and oxygen atoms in total. The van der Waals surface area contributed by atoms with Crippen LogP contribution in [0.4, 0.5) is 5.95 Å². The molecule has 2 rings (SSSR count). The average Bonchev–Trinajstić information content (AvgIpc) is 2.66. The number of carbonyl (C=O) groups excluding carboxylic acids is 1. The van der Waals surface area contributed by atoms with E-state index in [0.29, 0.717) is 18.3 Å². The molecule has 0 radical (unpaired) electrons. The predicted molar refractivity (Wildman–Crippen MR) is 62.6 cm³/mol. The number of ether oxygens (including phenoxy) is 2. The van der Waals surface area contributed by atoms with Crippen molar-refractivity contribution in [2.24, 2.45) is 0 Å². The van der Waals surface area contributed by atoms with E-state index in [2.05, 4.69) is 9.97 Å². The Balaban J connectivity index is 2.06. The number of aromatic amines is 1. The summed E-state index contributed by atoms with van der Waals surface area (Å²) in [4.78, 5) is 18.0. The molecule has 0 saturated heterocycles. The van der Waals surface area contributed by atoms with Gasteiger partial charge in [0, 0.05) is 6.07 Å². The number of esters is 1. The first-order valence-electron chi connectivity index (χ1n) is 5.22. The molecule has 0 atom stereocenters. The van der Waals surface area contributed by atoms with Crippen molar-refractivity contribution < 1.29 is 14.3 Å². The molecule has 2 aromatic rings. The molecule has 0 saturated carbocycles. The van der Waals surface area contributed by atoms with Crippen LogP contribution >= 0.6 is 0 Å². The van der Waals surface area contributed by atoms with Gasteiger partial charge in [-0.2, -0.15) is 0 Å². The molecule has 1 aromatic carbocycles. The Morgan fingerprint density at radius 1 is 1.53 bits per heavy atom. The maximum absolute atomic E-state index is 11.1. The number of hydrogen-bond acceptors (Lipinski definition) is 5. The molecule has 17 heavy (non-hydrogen) atoms. The first-order chi connectivity index (χ1) is 8.19. The normalized spacial score (nSPS) is 10.4. The van der Waals surface area contributed by atoms with Crippen molar-refractivity contribution in [1.82, 2.24) is 9.97 Å². The largest absolute Gasteiger partial charge is 0.482 e. The third-order valence-corrected chi connectivity index (χ3v) is 2.13. The lowest BCUT2D eigenvalue weighted by Gasteiger charge is -2.05. The zero-order chi connectivity index (χ0) is 12.3. The number of fused-ring (bicyclic) bond motifs is 1. The van der Waals surface area contributed by atoms with Crippen LogP contribution < -0.4 is 10.5 Å². The molecular weight excluding hydrogens is 222 g/mol. The van der Waals surface area contributed by atoms with E-state index in [1.807, 2.05) is 0 Å². The SMILES string of the molecule is CCOC(=O)COc1ccc2nc(N)[nH]c2c1. The second kappa shape index (κ2) is 4.73. The molecule has 0 aliphatic heterocycles. The quantitative estimate of drug-likeness (QED) is 0.774. The highest BCUT2D eigenvalue weighted by atomic mass is 16.6. The van der Waals surface area contributed by atoms with E-state index in [1.165, 1.54) is 0 Å². The first-order valence-corrected chi connectivity index (χ1v) is 5.22. The highest BCUT2D eigenvalue weighted by molar-refractivity contribution is 5.79. The second-order valence-corrected chi connectivity index (χ2v) is 3.39. The van der Waals surface area contributed by atoms with Crippen LogP contribution in [0, 0.1) is 0 Å². The van der Waals surface area contributed by atoms with Gasteiger partial charge in [0.2, 0.25) is 0 Å². The fourth-order valence-corrected chi connectivity index (χ4v) is 1.44. The molecule has 90 valence electrons. The van der Waals surface area contributed by atoms with E-state index in [9.17, 15) is 4.79 Å². The molecule has 1 heterocycles. The van der Waals surface area contributed by atoms with Gasteiger partial charge in [0.1, 0.15) is 5.75 Å². The molecule has 0 spiro atoms. The number of benzene rings is 1.